The van der Waals surface area contributed by atoms with Gasteiger partial charge in [0.1, 0.15) is 18.5 Å². The largest absolute Gasteiger partial charge is 0.459 e. The zero-order valence-electron chi connectivity index (χ0n) is 21.4. The number of hydrogen-bond donors (Lipinski definition) is 2. The van der Waals surface area contributed by atoms with Crippen LogP contribution in [-0.2, 0) is 28.5 Å². The molecule has 0 amide bonds. The summed E-state index contributed by atoms with van der Waals surface area (Å²) < 4.78 is 32.1. The van der Waals surface area contributed by atoms with Gasteiger partial charge >= 0.3 is 5.97 Å². The number of aliphatic hydroxyl groups excluding tert-OH is 1. The summed E-state index contributed by atoms with van der Waals surface area (Å²) in [6, 6.07) is -0.280. The molecule has 0 aromatic rings. The summed E-state index contributed by atoms with van der Waals surface area (Å²) in [7, 11) is 3.40. The van der Waals surface area contributed by atoms with Gasteiger partial charge in [0.15, 0.2) is 5.60 Å². The summed E-state index contributed by atoms with van der Waals surface area (Å²) in [5.74, 6) is -1.16. The molecule has 7 bridgehead atoms. The molecule has 5 aliphatic carbocycles. The van der Waals surface area contributed by atoms with Crippen LogP contribution in [0, 0.1) is 28.6 Å². The van der Waals surface area contributed by atoms with Crippen molar-refractivity contribution in [3.8, 4) is 0 Å². The number of carbonyl (C=O) groups is 1. The van der Waals surface area contributed by atoms with Crippen LogP contribution in [0.2, 0.25) is 0 Å². The standard InChI is InChI=1S/C26H39NO8/c1-6-27-11-22(3)8-7-16(31-4)25-19(22)20(35-13(2)28)26(21(25)27)24(33-12-34-26)10-15(29)14-9-23(25,30)18(24)17(14)32-5/h14-21,29-30H,6-12H2,1-5H3/t14-,15-,16+,17+,18?,19-,20+,21+,22+,23+,24-,25-,26-/m1/s1. The summed E-state index contributed by atoms with van der Waals surface area (Å²) in [5, 5.41) is 24.7. The van der Waals surface area contributed by atoms with Crippen LogP contribution in [0.4, 0.5) is 0 Å². The average Bonchev–Trinajstić information content (AvgIpc) is 3.36. The van der Waals surface area contributed by atoms with E-state index in [1.807, 2.05) is 0 Å². The number of hydrogen-bond acceptors (Lipinski definition) is 9. The number of likely N-dealkylation sites (N-methyl/N-ethyl adjacent to an activating group) is 1. The van der Waals surface area contributed by atoms with Crippen LogP contribution in [0.25, 0.3) is 0 Å². The number of likely N-dealkylation sites (tertiary alicyclic amines) is 1. The van der Waals surface area contributed by atoms with Gasteiger partial charge in [-0.15, -0.1) is 0 Å². The van der Waals surface area contributed by atoms with E-state index in [4.69, 9.17) is 23.7 Å². The van der Waals surface area contributed by atoms with E-state index in [-0.39, 0.29) is 48.3 Å². The average molecular weight is 494 g/mol. The first-order chi connectivity index (χ1) is 16.6. The molecule has 0 aromatic carbocycles. The maximum Gasteiger partial charge on any atom is 0.303 e. The number of esters is 1. The van der Waals surface area contributed by atoms with E-state index in [0.717, 1.165) is 25.9 Å². The van der Waals surface area contributed by atoms with Gasteiger partial charge in [-0.3, -0.25) is 9.69 Å². The molecule has 3 spiro atoms. The topological polar surface area (TPSA) is 107 Å². The molecule has 196 valence electrons. The summed E-state index contributed by atoms with van der Waals surface area (Å²) in [4.78, 5) is 15.1. The fourth-order valence-corrected chi connectivity index (χ4v) is 11.5. The molecule has 7 aliphatic rings. The Hall–Kier alpha value is -0.810. The number of carbonyl (C=O) groups excluding carboxylic acids is 1. The zero-order chi connectivity index (χ0) is 24.8. The second kappa shape index (κ2) is 6.79. The van der Waals surface area contributed by atoms with Crippen LogP contribution >= 0.6 is 0 Å². The highest BCUT2D eigenvalue weighted by atomic mass is 16.7. The summed E-state index contributed by atoms with van der Waals surface area (Å²) in [6.45, 7) is 7.51. The van der Waals surface area contributed by atoms with E-state index in [1.54, 1.807) is 14.2 Å². The van der Waals surface area contributed by atoms with Crippen LogP contribution in [-0.4, -0.2) is 102 Å². The molecule has 2 aliphatic heterocycles. The molecule has 35 heavy (non-hydrogen) atoms. The fraction of sp³-hybridized carbons (Fsp3) is 0.962. The van der Waals surface area contributed by atoms with Crippen molar-refractivity contribution in [2.45, 2.75) is 93.7 Å². The van der Waals surface area contributed by atoms with Crippen LogP contribution in [0.5, 0.6) is 0 Å². The Balaban J connectivity index is 1.62. The van der Waals surface area contributed by atoms with Gasteiger partial charge in [0.2, 0.25) is 0 Å². The highest BCUT2D eigenvalue weighted by Crippen LogP contribution is 2.83. The Morgan fingerprint density at radius 3 is 2.60 bits per heavy atom. The van der Waals surface area contributed by atoms with E-state index in [2.05, 4.69) is 18.7 Å². The van der Waals surface area contributed by atoms with E-state index in [9.17, 15) is 15.0 Å². The van der Waals surface area contributed by atoms with Crippen molar-refractivity contribution in [1.29, 1.82) is 0 Å². The number of piperidine rings is 1. The molecule has 0 aromatic heterocycles. The van der Waals surface area contributed by atoms with Gasteiger partial charge in [-0.25, -0.2) is 0 Å². The Labute approximate surface area is 206 Å². The number of aliphatic hydroxyl groups is 2. The molecule has 0 radical (unpaired) electrons. The van der Waals surface area contributed by atoms with Crippen molar-refractivity contribution in [3.05, 3.63) is 0 Å². The molecule has 9 nitrogen and oxygen atoms in total. The van der Waals surface area contributed by atoms with E-state index in [1.165, 1.54) is 6.92 Å². The third-order valence-corrected chi connectivity index (χ3v) is 11.9. The normalized spacial score (nSPS) is 61.6. The smallest absolute Gasteiger partial charge is 0.303 e. The Bertz CT molecular complexity index is 964. The predicted molar refractivity (Wildman–Crippen MR) is 121 cm³/mol. The van der Waals surface area contributed by atoms with Gasteiger partial charge in [0.25, 0.3) is 0 Å². The van der Waals surface area contributed by atoms with Crippen LogP contribution < -0.4 is 0 Å². The van der Waals surface area contributed by atoms with E-state index in [0.29, 0.717) is 12.8 Å². The lowest BCUT2D eigenvalue weighted by Gasteiger charge is -2.71. The Morgan fingerprint density at radius 1 is 1.17 bits per heavy atom. The molecule has 2 heterocycles. The third-order valence-electron chi connectivity index (χ3n) is 11.9. The number of fused-ring (bicyclic) bond motifs is 1. The zero-order valence-corrected chi connectivity index (χ0v) is 21.4. The minimum Gasteiger partial charge on any atom is -0.459 e. The lowest BCUT2D eigenvalue weighted by molar-refractivity contribution is -0.332. The van der Waals surface area contributed by atoms with Crippen LogP contribution in [0.15, 0.2) is 0 Å². The molecule has 2 saturated heterocycles. The van der Waals surface area contributed by atoms with Crippen molar-refractivity contribution in [1.82, 2.24) is 4.90 Å². The molecule has 2 N–H and O–H groups in total. The summed E-state index contributed by atoms with van der Waals surface area (Å²) >= 11 is 0. The molecule has 9 heteroatoms. The van der Waals surface area contributed by atoms with E-state index < -0.39 is 40.3 Å². The second-order valence-corrected chi connectivity index (χ2v) is 12.7. The minimum atomic E-state index is -1.24. The molecule has 7 fully saturated rings. The molecular weight excluding hydrogens is 454 g/mol. The maximum atomic E-state index is 13.3. The number of methoxy groups -OCH3 is 2. The monoisotopic (exact) mass is 493 g/mol. The van der Waals surface area contributed by atoms with Crippen molar-refractivity contribution in [3.63, 3.8) is 0 Å². The first kappa shape index (κ1) is 23.3. The lowest BCUT2D eigenvalue weighted by atomic mass is 9.41. The lowest BCUT2D eigenvalue weighted by Crippen LogP contribution is -2.85. The summed E-state index contributed by atoms with van der Waals surface area (Å²) in [5.41, 5.74) is -4.30. The highest BCUT2D eigenvalue weighted by molar-refractivity contribution is 5.67. The minimum absolute atomic E-state index is 0.0311. The van der Waals surface area contributed by atoms with Gasteiger partial charge in [0, 0.05) is 51.9 Å². The van der Waals surface area contributed by atoms with Crippen molar-refractivity contribution in [2.75, 3.05) is 34.1 Å². The molecule has 5 saturated carbocycles. The van der Waals surface area contributed by atoms with Crippen LogP contribution in [0.1, 0.15) is 46.5 Å². The third kappa shape index (κ3) is 2.09. The van der Waals surface area contributed by atoms with Gasteiger partial charge in [-0.05, 0) is 31.2 Å². The van der Waals surface area contributed by atoms with Gasteiger partial charge in [-0.2, -0.15) is 0 Å². The number of rotatable bonds is 4. The van der Waals surface area contributed by atoms with Crippen LogP contribution in [0.3, 0.4) is 0 Å². The van der Waals surface area contributed by atoms with Gasteiger partial charge < -0.3 is 33.9 Å². The van der Waals surface area contributed by atoms with Crippen molar-refractivity contribution >= 4 is 5.97 Å². The second-order valence-electron chi connectivity index (χ2n) is 12.7. The van der Waals surface area contributed by atoms with Crippen molar-refractivity contribution in [2.24, 2.45) is 28.6 Å². The van der Waals surface area contributed by atoms with E-state index >= 15 is 0 Å². The van der Waals surface area contributed by atoms with Crippen molar-refractivity contribution < 1.29 is 38.7 Å². The first-order valence-electron chi connectivity index (χ1n) is 13.3. The first-order valence-corrected chi connectivity index (χ1v) is 13.3. The fourth-order valence-electron chi connectivity index (χ4n) is 11.5. The van der Waals surface area contributed by atoms with Gasteiger partial charge in [-0.1, -0.05) is 13.8 Å². The maximum absolute atomic E-state index is 13.3. The number of nitrogens with zero attached hydrogens (tertiary/aromatic N) is 1. The quantitative estimate of drug-likeness (QED) is 0.547. The molecule has 1 unspecified atom stereocenters. The SMILES string of the molecule is CCN1C[C@]2(C)CC[C@H](OC)[C@]34[C@@H]2[C@H](OC(C)=O)[C@@]2(OCO[C@@]25C[C@@H](O)[C@H]2C[C@]3(O)C5[C@H]2OC)[C@@H]14. The predicted octanol–water partition coefficient (Wildman–Crippen LogP) is 0.696. The highest BCUT2D eigenvalue weighted by Gasteiger charge is 2.97. The Kier molecular flexibility index (Phi) is 4.52. The van der Waals surface area contributed by atoms with Gasteiger partial charge in [0.05, 0.1) is 35.4 Å². The molecular formula is C26H39NO8. The number of ether oxygens (including phenoxy) is 5. The Morgan fingerprint density at radius 2 is 1.94 bits per heavy atom. The summed E-state index contributed by atoms with van der Waals surface area (Å²) in [6.07, 6.45) is 0.473. The molecule has 13 atom stereocenters. The molecule has 7 rings (SSSR count).